The second kappa shape index (κ2) is 10.1. The maximum absolute atomic E-state index is 13.6. The summed E-state index contributed by atoms with van der Waals surface area (Å²) >= 11 is 0. The van der Waals surface area contributed by atoms with Crippen molar-refractivity contribution in [1.29, 1.82) is 0 Å². The predicted octanol–water partition coefficient (Wildman–Crippen LogP) is 4.09. The van der Waals surface area contributed by atoms with Crippen molar-refractivity contribution in [2.75, 3.05) is 29.3 Å². The Morgan fingerprint density at radius 3 is 2.44 bits per heavy atom. The lowest BCUT2D eigenvalue weighted by molar-refractivity contribution is -0.122. The van der Waals surface area contributed by atoms with Gasteiger partial charge in [-0.05, 0) is 55.5 Å². The number of amides is 3. The molecule has 3 aromatic rings. The predicted molar refractivity (Wildman–Crippen MR) is 130 cm³/mol. The van der Waals surface area contributed by atoms with Gasteiger partial charge in [-0.1, -0.05) is 24.3 Å². The smallest absolute Gasteiger partial charge is 0.259 e. The Morgan fingerprint density at radius 1 is 1.00 bits per heavy atom. The van der Waals surface area contributed by atoms with Crippen LogP contribution >= 0.6 is 0 Å². The number of carbonyl (C=O) groups excluding carboxylic acids is 3. The van der Waals surface area contributed by atoms with Gasteiger partial charge in [0.25, 0.3) is 5.91 Å². The van der Waals surface area contributed by atoms with Crippen molar-refractivity contribution in [3.8, 4) is 11.5 Å². The lowest BCUT2D eigenvalue weighted by Gasteiger charge is -2.36. The molecule has 8 heteroatoms. The highest BCUT2D eigenvalue weighted by Gasteiger charge is 2.38. The standard InChI is InChI=1S/C26H25N3O5/c1-3-34-23-11-7-5-9-20(23)27-24(30)16-22-25(31)28-19-8-4-6-10-21(19)29(22)26(32)17-12-14-18(33-2)15-13-17/h4-15,22H,3,16H2,1-2H3,(H,27,30)(H,28,31). The molecule has 1 heterocycles. The minimum Gasteiger partial charge on any atom is -0.497 e. The largest absolute Gasteiger partial charge is 0.497 e. The maximum Gasteiger partial charge on any atom is 0.259 e. The van der Waals surface area contributed by atoms with E-state index in [0.29, 0.717) is 40.7 Å². The molecule has 2 N–H and O–H groups in total. The molecule has 3 aromatic carbocycles. The van der Waals surface area contributed by atoms with Gasteiger partial charge >= 0.3 is 0 Å². The average molecular weight is 460 g/mol. The zero-order valence-electron chi connectivity index (χ0n) is 18.9. The summed E-state index contributed by atoms with van der Waals surface area (Å²) in [7, 11) is 1.54. The van der Waals surface area contributed by atoms with E-state index >= 15 is 0 Å². The summed E-state index contributed by atoms with van der Waals surface area (Å²) in [5.41, 5.74) is 1.90. The molecule has 0 spiro atoms. The van der Waals surface area contributed by atoms with E-state index in [9.17, 15) is 14.4 Å². The Labute approximate surface area is 197 Å². The molecule has 1 unspecified atom stereocenters. The molecule has 0 saturated heterocycles. The molecule has 0 aromatic heterocycles. The number of methoxy groups -OCH3 is 1. The Kier molecular flexibility index (Phi) is 6.77. The van der Waals surface area contributed by atoms with Gasteiger partial charge in [0.05, 0.1) is 37.2 Å². The molecule has 174 valence electrons. The monoisotopic (exact) mass is 459 g/mol. The first-order valence-corrected chi connectivity index (χ1v) is 10.9. The van der Waals surface area contributed by atoms with Gasteiger partial charge in [-0.15, -0.1) is 0 Å². The van der Waals surface area contributed by atoms with Crippen LogP contribution in [0.15, 0.2) is 72.8 Å². The van der Waals surface area contributed by atoms with Crippen LogP contribution in [0.1, 0.15) is 23.7 Å². The van der Waals surface area contributed by atoms with Crippen LogP contribution in [0.2, 0.25) is 0 Å². The molecule has 3 amide bonds. The molecule has 0 aliphatic carbocycles. The number of nitrogens with zero attached hydrogens (tertiary/aromatic N) is 1. The highest BCUT2D eigenvalue weighted by molar-refractivity contribution is 6.17. The fraction of sp³-hybridized carbons (Fsp3) is 0.192. The molecule has 4 rings (SSSR count). The number of hydrogen-bond acceptors (Lipinski definition) is 5. The van der Waals surface area contributed by atoms with E-state index < -0.39 is 23.8 Å². The normalized spacial score (nSPS) is 14.6. The second-order valence-corrected chi connectivity index (χ2v) is 7.61. The van der Waals surface area contributed by atoms with E-state index in [4.69, 9.17) is 9.47 Å². The highest BCUT2D eigenvalue weighted by Crippen LogP contribution is 2.34. The van der Waals surface area contributed by atoms with Gasteiger partial charge in [-0.2, -0.15) is 0 Å². The number of carbonyl (C=O) groups is 3. The van der Waals surface area contributed by atoms with Crippen LogP contribution in [-0.4, -0.2) is 37.5 Å². The Hall–Kier alpha value is -4.33. The summed E-state index contributed by atoms with van der Waals surface area (Å²) in [4.78, 5) is 40.9. The van der Waals surface area contributed by atoms with Crippen LogP contribution < -0.4 is 25.0 Å². The summed E-state index contributed by atoms with van der Waals surface area (Å²) in [6.45, 7) is 2.30. The van der Waals surface area contributed by atoms with Crippen LogP contribution in [0.4, 0.5) is 17.1 Å². The van der Waals surface area contributed by atoms with Gasteiger partial charge in [0, 0.05) is 5.56 Å². The van der Waals surface area contributed by atoms with Crippen LogP contribution in [0.5, 0.6) is 11.5 Å². The molecule has 1 aliphatic rings. The van der Waals surface area contributed by atoms with Crippen molar-refractivity contribution >= 4 is 34.8 Å². The maximum atomic E-state index is 13.6. The molecule has 1 aliphatic heterocycles. The zero-order valence-corrected chi connectivity index (χ0v) is 18.9. The minimum atomic E-state index is -1.04. The van der Waals surface area contributed by atoms with Gasteiger partial charge in [-0.25, -0.2) is 0 Å². The molecule has 0 bridgehead atoms. The third-order valence-corrected chi connectivity index (χ3v) is 5.43. The van der Waals surface area contributed by atoms with Crippen LogP contribution in [0.3, 0.4) is 0 Å². The number of nitrogens with one attached hydrogen (secondary N) is 2. The SMILES string of the molecule is CCOc1ccccc1NC(=O)CC1C(=O)Nc2ccccc2N1C(=O)c1ccc(OC)cc1. The van der Waals surface area contributed by atoms with Crippen LogP contribution in [-0.2, 0) is 9.59 Å². The van der Waals surface area contributed by atoms with Gasteiger partial charge in [0.15, 0.2) is 0 Å². The first-order valence-electron chi connectivity index (χ1n) is 10.9. The fourth-order valence-electron chi connectivity index (χ4n) is 3.83. The summed E-state index contributed by atoms with van der Waals surface area (Å²) < 4.78 is 10.7. The number of benzene rings is 3. The van der Waals surface area contributed by atoms with Gasteiger partial charge < -0.3 is 20.1 Å². The van der Waals surface area contributed by atoms with E-state index in [2.05, 4.69) is 10.6 Å². The zero-order chi connectivity index (χ0) is 24.1. The Bertz CT molecular complexity index is 1210. The number of anilines is 3. The summed E-state index contributed by atoms with van der Waals surface area (Å²) in [6, 6.07) is 19.6. The molecule has 8 nitrogen and oxygen atoms in total. The van der Waals surface area contributed by atoms with Crippen molar-refractivity contribution < 1.29 is 23.9 Å². The molecular weight excluding hydrogens is 434 g/mol. The molecule has 1 atom stereocenters. The average Bonchev–Trinajstić information content (AvgIpc) is 2.85. The van der Waals surface area contributed by atoms with E-state index in [1.165, 1.54) is 4.90 Å². The minimum absolute atomic E-state index is 0.234. The van der Waals surface area contributed by atoms with Crippen LogP contribution in [0, 0.1) is 0 Å². The molecule has 0 radical (unpaired) electrons. The fourth-order valence-corrected chi connectivity index (χ4v) is 3.83. The number of ether oxygens (including phenoxy) is 2. The van der Waals surface area contributed by atoms with Crippen molar-refractivity contribution in [1.82, 2.24) is 0 Å². The third kappa shape index (κ3) is 4.71. The van der Waals surface area contributed by atoms with Crippen LogP contribution in [0.25, 0.3) is 0 Å². The Balaban J connectivity index is 1.63. The van der Waals surface area contributed by atoms with Crippen molar-refractivity contribution in [2.45, 2.75) is 19.4 Å². The molecule has 0 fully saturated rings. The van der Waals surface area contributed by atoms with Crippen molar-refractivity contribution in [3.05, 3.63) is 78.4 Å². The van der Waals surface area contributed by atoms with Crippen molar-refractivity contribution in [3.63, 3.8) is 0 Å². The summed E-state index contributed by atoms with van der Waals surface area (Å²) in [5.74, 6) is -0.106. The van der Waals surface area contributed by atoms with E-state index in [1.54, 1.807) is 79.9 Å². The van der Waals surface area contributed by atoms with E-state index in [0.717, 1.165) is 0 Å². The Morgan fingerprint density at radius 2 is 1.71 bits per heavy atom. The van der Waals surface area contributed by atoms with Crippen molar-refractivity contribution in [2.24, 2.45) is 0 Å². The third-order valence-electron chi connectivity index (χ3n) is 5.43. The summed E-state index contributed by atoms with van der Waals surface area (Å²) in [5, 5.41) is 5.61. The van der Waals surface area contributed by atoms with Gasteiger partial charge in [0.2, 0.25) is 11.8 Å². The first kappa shape index (κ1) is 22.8. The number of para-hydroxylation sites is 4. The van der Waals surface area contributed by atoms with Gasteiger partial charge in [-0.3, -0.25) is 19.3 Å². The first-order chi connectivity index (χ1) is 16.5. The quantitative estimate of drug-likeness (QED) is 0.555. The lowest BCUT2D eigenvalue weighted by Crippen LogP contribution is -2.52. The van der Waals surface area contributed by atoms with E-state index in [-0.39, 0.29) is 6.42 Å². The molecular formula is C26H25N3O5. The number of hydrogen-bond donors (Lipinski definition) is 2. The summed E-state index contributed by atoms with van der Waals surface area (Å²) in [6.07, 6.45) is -0.234. The van der Waals surface area contributed by atoms with Gasteiger partial charge in [0.1, 0.15) is 17.5 Å². The second-order valence-electron chi connectivity index (χ2n) is 7.61. The van der Waals surface area contributed by atoms with E-state index in [1.807, 2.05) is 6.92 Å². The lowest BCUT2D eigenvalue weighted by atomic mass is 10.0. The topological polar surface area (TPSA) is 97.0 Å². The molecule has 34 heavy (non-hydrogen) atoms. The highest BCUT2D eigenvalue weighted by atomic mass is 16.5. The number of fused-ring (bicyclic) bond motifs is 1. The number of rotatable bonds is 7. The molecule has 0 saturated carbocycles.